The molecule has 0 amide bonds. The highest BCUT2D eigenvalue weighted by atomic mass is 79.9. The molecule has 1 saturated heterocycles. The number of alkyl halides is 1. The summed E-state index contributed by atoms with van der Waals surface area (Å²) in [7, 11) is -2.07. The standard InChI is InChI=1S/C13H16BrFN2O2S/c1-16-13-10(14)4-2-3-7-17(13)11-6-5-9(15)8-12(11)20(16,18)19/h5-6,8,10,13H,2-4,7H2,1H3/t10-,13-/m1/s1. The van der Waals surface area contributed by atoms with Gasteiger partial charge in [0.1, 0.15) is 16.9 Å². The van der Waals surface area contributed by atoms with Crippen LogP contribution < -0.4 is 4.90 Å². The average molecular weight is 363 g/mol. The highest BCUT2D eigenvalue weighted by Gasteiger charge is 2.44. The van der Waals surface area contributed by atoms with Crippen molar-refractivity contribution >= 4 is 31.6 Å². The van der Waals surface area contributed by atoms with E-state index < -0.39 is 15.8 Å². The lowest BCUT2D eigenvalue weighted by Crippen LogP contribution is -2.56. The minimum absolute atomic E-state index is 0.0675. The van der Waals surface area contributed by atoms with Crippen molar-refractivity contribution in [3.05, 3.63) is 24.0 Å². The van der Waals surface area contributed by atoms with Gasteiger partial charge in [0.2, 0.25) is 10.0 Å². The molecule has 1 fully saturated rings. The number of hydrogen-bond acceptors (Lipinski definition) is 3. The molecule has 0 unspecified atom stereocenters. The number of fused-ring (bicyclic) bond motifs is 3. The highest BCUT2D eigenvalue weighted by Crippen LogP contribution is 2.40. The first-order chi connectivity index (χ1) is 9.43. The minimum atomic E-state index is -3.64. The summed E-state index contributed by atoms with van der Waals surface area (Å²) < 4.78 is 40.0. The Morgan fingerprint density at radius 3 is 2.85 bits per heavy atom. The van der Waals surface area contributed by atoms with Crippen LogP contribution in [0.4, 0.5) is 10.1 Å². The maximum atomic E-state index is 13.4. The Labute approximate surface area is 126 Å². The molecule has 0 aromatic heterocycles. The molecule has 1 aromatic rings. The van der Waals surface area contributed by atoms with E-state index in [1.54, 1.807) is 13.1 Å². The van der Waals surface area contributed by atoms with Gasteiger partial charge in [0.15, 0.2) is 0 Å². The summed E-state index contributed by atoms with van der Waals surface area (Å²) >= 11 is 3.62. The zero-order valence-corrected chi connectivity index (χ0v) is 13.5. The SMILES string of the molecule is CN1[C@H]2[C@H](Br)CCCCN2c2ccc(F)cc2S1(=O)=O. The predicted octanol–water partition coefficient (Wildman–Crippen LogP) is 2.54. The molecule has 0 N–H and O–H groups in total. The maximum Gasteiger partial charge on any atom is 0.246 e. The zero-order chi connectivity index (χ0) is 14.5. The van der Waals surface area contributed by atoms with E-state index in [9.17, 15) is 12.8 Å². The molecule has 0 aliphatic carbocycles. The second-order valence-electron chi connectivity index (χ2n) is 5.25. The average Bonchev–Trinajstić information content (AvgIpc) is 2.58. The Kier molecular flexibility index (Phi) is 3.54. The number of benzene rings is 1. The van der Waals surface area contributed by atoms with Crippen LogP contribution in [0.5, 0.6) is 0 Å². The van der Waals surface area contributed by atoms with Gasteiger partial charge in [-0.25, -0.2) is 12.8 Å². The van der Waals surface area contributed by atoms with Crippen molar-refractivity contribution in [3.8, 4) is 0 Å². The van der Waals surface area contributed by atoms with Crippen LogP contribution in [0.1, 0.15) is 19.3 Å². The summed E-state index contributed by atoms with van der Waals surface area (Å²) in [5.74, 6) is -0.524. The number of halogens is 2. The molecule has 7 heteroatoms. The van der Waals surface area contributed by atoms with E-state index in [1.807, 2.05) is 0 Å². The molecular formula is C13H16BrFN2O2S. The van der Waals surface area contributed by atoms with E-state index in [4.69, 9.17) is 0 Å². The van der Waals surface area contributed by atoms with Crippen molar-refractivity contribution in [2.75, 3.05) is 18.5 Å². The predicted molar refractivity (Wildman–Crippen MR) is 79.0 cm³/mol. The van der Waals surface area contributed by atoms with Gasteiger partial charge >= 0.3 is 0 Å². The van der Waals surface area contributed by atoms with E-state index >= 15 is 0 Å². The fraction of sp³-hybridized carbons (Fsp3) is 0.538. The number of rotatable bonds is 0. The van der Waals surface area contributed by atoms with Gasteiger partial charge in [-0.05, 0) is 31.0 Å². The third-order valence-electron chi connectivity index (χ3n) is 4.03. The summed E-state index contributed by atoms with van der Waals surface area (Å²) in [4.78, 5) is 2.21. The van der Waals surface area contributed by atoms with Gasteiger partial charge in [-0.2, -0.15) is 4.31 Å². The van der Waals surface area contributed by atoms with Crippen LogP contribution in [-0.4, -0.2) is 37.3 Å². The van der Waals surface area contributed by atoms with Crippen molar-refractivity contribution in [2.45, 2.75) is 35.2 Å². The van der Waals surface area contributed by atoms with E-state index in [2.05, 4.69) is 20.8 Å². The van der Waals surface area contributed by atoms with Crippen molar-refractivity contribution in [1.29, 1.82) is 0 Å². The molecule has 1 aromatic carbocycles. The van der Waals surface area contributed by atoms with E-state index in [0.717, 1.165) is 31.9 Å². The molecule has 20 heavy (non-hydrogen) atoms. The van der Waals surface area contributed by atoms with Gasteiger partial charge in [0, 0.05) is 18.4 Å². The quantitative estimate of drug-likeness (QED) is 0.666. The first-order valence-corrected chi connectivity index (χ1v) is 8.97. The normalized spacial score (nSPS) is 29.4. The van der Waals surface area contributed by atoms with Gasteiger partial charge < -0.3 is 4.90 Å². The second kappa shape index (κ2) is 4.96. The lowest BCUT2D eigenvalue weighted by Gasteiger charge is -2.44. The van der Waals surface area contributed by atoms with Crippen LogP contribution in [0.15, 0.2) is 23.1 Å². The number of hydrogen-bond donors (Lipinski definition) is 0. The lowest BCUT2D eigenvalue weighted by atomic mass is 10.2. The minimum Gasteiger partial charge on any atom is -0.353 e. The van der Waals surface area contributed by atoms with Crippen LogP contribution in [-0.2, 0) is 10.0 Å². The molecule has 3 rings (SSSR count). The van der Waals surface area contributed by atoms with Crippen molar-refractivity contribution < 1.29 is 12.8 Å². The van der Waals surface area contributed by atoms with Gasteiger partial charge in [-0.15, -0.1) is 0 Å². The Morgan fingerprint density at radius 1 is 1.35 bits per heavy atom. The molecule has 0 saturated carbocycles. The fourth-order valence-electron chi connectivity index (χ4n) is 3.01. The molecular weight excluding hydrogens is 347 g/mol. The van der Waals surface area contributed by atoms with Gasteiger partial charge in [-0.1, -0.05) is 22.4 Å². The van der Waals surface area contributed by atoms with Crippen molar-refractivity contribution in [1.82, 2.24) is 4.31 Å². The van der Waals surface area contributed by atoms with Crippen LogP contribution in [0.25, 0.3) is 0 Å². The first kappa shape index (κ1) is 14.3. The van der Waals surface area contributed by atoms with Crippen LogP contribution in [0.2, 0.25) is 0 Å². The zero-order valence-electron chi connectivity index (χ0n) is 11.1. The lowest BCUT2D eigenvalue weighted by molar-refractivity contribution is 0.340. The topological polar surface area (TPSA) is 40.6 Å². The Morgan fingerprint density at radius 2 is 2.10 bits per heavy atom. The van der Waals surface area contributed by atoms with Crippen molar-refractivity contribution in [2.24, 2.45) is 0 Å². The molecule has 110 valence electrons. The molecule has 2 aliphatic rings. The summed E-state index contributed by atoms with van der Waals surface area (Å²) in [5, 5.41) is 0. The second-order valence-corrected chi connectivity index (χ2v) is 8.39. The van der Waals surface area contributed by atoms with Gasteiger partial charge in [0.25, 0.3) is 0 Å². The monoisotopic (exact) mass is 362 g/mol. The summed E-state index contributed by atoms with van der Waals surface area (Å²) in [6.07, 6.45) is 2.73. The number of anilines is 1. The molecule has 0 radical (unpaired) electrons. The summed E-state index contributed by atoms with van der Waals surface area (Å²) in [6.45, 7) is 0.783. The smallest absolute Gasteiger partial charge is 0.246 e. The summed E-state index contributed by atoms with van der Waals surface area (Å²) in [5.41, 5.74) is 0.612. The van der Waals surface area contributed by atoms with E-state index in [-0.39, 0.29) is 15.9 Å². The highest BCUT2D eigenvalue weighted by molar-refractivity contribution is 9.09. The molecule has 4 nitrogen and oxygen atoms in total. The third-order valence-corrected chi connectivity index (χ3v) is 6.82. The molecule has 0 bridgehead atoms. The Bertz CT molecular complexity index is 637. The van der Waals surface area contributed by atoms with E-state index in [0.29, 0.717) is 5.69 Å². The Hall–Kier alpha value is -0.660. The van der Waals surface area contributed by atoms with Gasteiger partial charge in [0.05, 0.1) is 5.69 Å². The summed E-state index contributed by atoms with van der Waals surface area (Å²) in [6, 6.07) is 4.02. The fourth-order valence-corrected chi connectivity index (χ4v) is 5.70. The van der Waals surface area contributed by atoms with Crippen molar-refractivity contribution in [3.63, 3.8) is 0 Å². The largest absolute Gasteiger partial charge is 0.353 e. The molecule has 0 spiro atoms. The third kappa shape index (κ3) is 2.07. The molecule has 2 aliphatic heterocycles. The van der Waals surface area contributed by atoms with Gasteiger partial charge in [-0.3, -0.25) is 0 Å². The maximum absolute atomic E-state index is 13.4. The van der Waals surface area contributed by atoms with E-state index in [1.165, 1.54) is 10.4 Å². The molecule has 2 heterocycles. The first-order valence-electron chi connectivity index (χ1n) is 6.61. The number of nitrogens with zero attached hydrogens (tertiary/aromatic N) is 2. The Balaban J connectivity index is 2.22. The molecule has 2 atom stereocenters. The van der Waals surface area contributed by atoms with Crippen LogP contribution in [0, 0.1) is 5.82 Å². The number of sulfonamides is 1. The van der Waals surface area contributed by atoms with Crippen LogP contribution in [0.3, 0.4) is 0 Å². The van der Waals surface area contributed by atoms with Crippen LogP contribution >= 0.6 is 15.9 Å².